The van der Waals surface area contributed by atoms with Crippen molar-refractivity contribution in [3.8, 4) is 0 Å². The molecule has 0 saturated carbocycles. The highest BCUT2D eigenvalue weighted by Gasteiger charge is 2.20. The van der Waals surface area contributed by atoms with Gasteiger partial charge < -0.3 is 10.5 Å². The maximum absolute atomic E-state index is 13.1. The van der Waals surface area contributed by atoms with Crippen LogP contribution in [0.25, 0.3) is 0 Å². The van der Waals surface area contributed by atoms with Crippen LogP contribution >= 0.6 is 15.9 Å². The molecule has 1 rings (SSSR count). The minimum Gasteiger partial charge on any atom is -0.468 e. The van der Waals surface area contributed by atoms with E-state index in [0.29, 0.717) is 4.47 Å². The maximum atomic E-state index is 13.1. The van der Waals surface area contributed by atoms with Gasteiger partial charge in [0.1, 0.15) is 6.04 Å². The van der Waals surface area contributed by atoms with E-state index in [9.17, 15) is 9.18 Å². The Morgan fingerprint density at radius 3 is 3.00 bits per heavy atom. The zero-order chi connectivity index (χ0) is 10.7. The van der Waals surface area contributed by atoms with Gasteiger partial charge in [0, 0.05) is 16.2 Å². The van der Waals surface area contributed by atoms with Crippen molar-refractivity contribution in [1.82, 2.24) is 4.98 Å². The molecule has 0 aliphatic heterocycles. The molecule has 0 bridgehead atoms. The molecule has 0 saturated heterocycles. The third-order valence-electron chi connectivity index (χ3n) is 1.62. The summed E-state index contributed by atoms with van der Waals surface area (Å²) in [5.74, 6) is -1.48. The van der Waals surface area contributed by atoms with Crippen LogP contribution in [-0.2, 0) is 9.53 Å². The van der Waals surface area contributed by atoms with Gasteiger partial charge in [0.25, 0.3) is 0 Å². The monoisotopic (exact) mass is 262 g/mol. The van der Waals surface area contributed by atoms with Gasteiger partial charge in [-0.05, 0) is 22.0 Å². The average Bonchev–Trinajstić information content (AvgIpc) is 2.19. The molecule has 4 nitrogen and oxygen atoms in total. The number of aromatic nitrogens is 1. The number of rotatable bonds is 2. The lowest BCUT2D eigenvalue weighted by Gasteiger charge is -2.09. The molecule has 0 spiro atoms. The summed E-state index contributed by atoms with van der Waals surface area (Å²) >= 11 is 3.10. The molecule has 0 aromatic carbocycles. The van der Waals surface area contributed by atoms with E-state index in [4.69, 9.17) is 5.73 Å². The Kier molecular flexibility index (Phi) is 3.54. The number of carbonyl (C=O) groups is 1. The van der Waals surface area contributed by atoms with Crippen LogP contribution in [-0.4, -0.2) is 18.1 Å². The molecule has 0 fully saturated rings. The highest BCUT2D eigenvalue weighted by atomic mass is 79.9. The lowest BCUT2D eigenvalue weighted by Crippen LogP contribution is -2.24. The van der Waals surface area contributed by atoms with Crippen molar-refractivity contribution in [2.45, 2.75) is 6.04 Å². The van der Waals surface area contributed by atoms with Crippen LogP contribution in [0.1, 0.15) is 11.6 Å². The second kappa shape index (κ2) is 4.47. The Balaban J connectivity index is 3.05. The minimum atomic E-state index is -1.15. The number of nitrogens with two attached hydrogens (primary N) is 1. The summed E-state index contributed by atoms with van der Waals surface area (Å²) in [6, 6.07) is 0.245. The summed E-state index contributed by atoms with van der Waals surface area (Å²) in [5.41, 5.74) is 5.45. The smallest absolute Gasteiger partial charge is 0.327 e. The molecular formula is C8H8BrFN2O2. The quantitative estimate of drug-likeness (QED) is 0.642. The van der Waals surface area contributed by atoms with Crippen LogP contribution in [0.4, 0.5) is 4.39 Å². The summed E-state index contributed by atoms with van der Waals surface area (Å²) in [4.78, 5) is 14.4. The van der Waals surface area contributed by atoms with Gasteiger partial charge in [0.2, 0.25) is 5.95 Å². The van der Waals surface area contributed by atoms with Crippen LogP contribution in [0.3, 0.4) is 0 Å². The number of hydrogen-bond acceptors (Lipinski definition) is 4. The first-order valence-electron chi connectivity index (χ1n) is 3.70. The normalized spacial score (nSPS) is 12.3. The number of methoxy groups -OCH3 is 1. The van der Waals surface area contributed by atoms with Crippen LogP contribution in [0.15, 0.2) is 16.7 Å². The van der Waals surface area contributed by atoms with Gasteiger partial charge in [-0.25, -0.2) is 4.98 Å². The zero-order valence-electron chi connectivity index (χ0n) is 7.33. The maximum Gasteiger partial charge on any atom is 0.327 e. The van der Waals surface area contributed by atoms with Crippen molar-refractivity contribution >= 4 is 21.9 Å². The van der Waals surface area contributed by atoms with E-state index in [1.807, 2.05) is 0 Å². The Hall–Kier alpha value is -1.01. The lowest BCUT2D eigenvalue weighted by atomic mass is 10.1. The minimum absolute atomic E-state index is 0.00576. The second-order valence-corrected chi connectivity index (χ2v) is 3.45. The fourth-order valence-corrected chi connectivity index (χ4v) is 1.26. The number of ether oxygens (including phenoxy) is 1. The van der Waals surface area contributed by atoms with Crippen LogP contribution < -0.4 is 5.73 Å². The molecule has 1 aromatic rings. The van der Waals surface area contributed by atoms with Crippen molar-refractivity contribution in [3.05, 3.63) is 28.2 Å². The molecule has 2 N–H and O–H groups in total. The predicted octanol–water partition coefficient (Wildman–Crippen LogP) is 1.16. The Morgan fingerprint density at radius 1 is 1.79 bits per heavy atom. The molecule has 0 amide bonds. The van der Waals surface area contributed by atoms with Crippen molar-refractivity contribution in [3.63, 3.8) is 0 Å². The van der Waals surface area contributed by atoms with E-state index in [2.05, 4.69) is 25.7 Å². The molecule has 1 unspecified atom stereocenters. The van der Waals surface area contributed by atoms with E-state index < -0.39 is 18.0 Å². The van der Waals surface area contributed by atoms with Gasteiger partial charge in [-0.15, -0.1) is 0 Å². The van der Waals surface area contributed by atoms with Crippen molar-refractivity contribution in [2.75, 3.05) is 7.11 Å². The Bertz CT molecular complexity index is 359. The fourth-order valence-electron chi connectivity index (χ4n) is 0.910. The van der Waals surface area contributed by atoms with Crippen LogP contribution in [0, 0.1) is 5.95 Å². The highest BCUT2D eigenvalue weighted by Crippen LogP contribution is 2.18. The lowest BCUT2D eigenvalue weighted by molar-refractivity contribution is -0.142. The van der Waals surface area contributed by atoms with E-state index in [1.54, 1.807) is 0 Å². The summed E-state index contributed by atoms with van der Waals surface area (Å²) < 4.78 is 18.0. The summed E-state index contributed by atoms with van der Waals surface area (Å²) in [6.07, 6.45) is 1.28. The number of hydrogen-bond donors (Lipinski definition) is 1. The molecule has 1 atom stereocenters. The third kappa shape index (κ3) is 2.27. The summed E-state index contributed by atoms with van der Waals surface area (Å²) in [5, 5.41) is 0. The summed E-state index contributed by atoms with van der Waals surface area (Å²) in [7, 11) is 1.19. The number of halogens is 2. The Labute approximate surface area is 88.4 Å². The molecule has 1 aromatic heterocycles. The Morgan fingerprint density at radius 2 is 2.43 bits per heavy atom. The predicted molar refractivity (Wildman–Crippen MR) is 50.8 cm³/mol. The van der Waals surface area contributed by atoms with Gasteiger partial charge in [-0.1, -0.05) is 0 Å². The third-order valence-corrected chi connectivity index (χ3v) is 2.06. The van der Waals surface area contributed by atoms with Crippen molar-refractivity contribution in [2.24, 2.45) is 5.73 Å². The molecule has 76 valence electrons. The highest BCUT2D eigenvalue weighted by molar-refractivity contribution is 9.10. The van der Waals surface area contributed by atoms with Gasteiger partial charge in [-0.3, -0.25) is 4.79 Å². The molecule has 0 aliphatic carbocycles. The standard InChI is InChI=1S/C8H8BrFN2O2/c1-14-8(13)6(11)5-2-4(9)3-12-7(5)10/h2-3,6H,11H2,1H3. The molecule has 0 aliphatic rings. The van der Waals surface area contributed by atoms with Gasteiger partial charge in [-0.2, -0.15) is 4.39 Å². The first-order chi connectivity index (χ1) is 6.56. The van der Waals surface area contributed by atoms with Crippen molar-refractivity contribution < 1.29 is 13.9 Å². The first-order valence-corrected chi connectivity index (χ1v) is 4.50. The van der Waals surface area contributed by atoms with E-state index >= 15 is 0 Å². The van der Waals surface area contributed by atoms with E-state index in [-0.39, 0.29) is 5.56 Å². The molecule has 6 heteroatoms. The largest absolute Gasteiger partial charge is 0.468 e. The number of nitrogens with zero attached hydrogens (tertiary/aromatic N) is 1. The first kappa shape index (κ1) is 11.1. The number of pyridine rings is 1. The van der Waals surface area contributed by atoms with Gasteiger partial charge in [0.15, 0.2) is 0 Å². The average molecular weight is 263 g/mol. The zero-order valence-corrected chi connectivity index (χ0v) is 8.92. The molecule has 0 radical (unpaired) electrons. The molecule has 14 heavy (non-hydrogen) atoms. The second-order valence-electron chi connectivity index (χ2n) is 2.53. The number of carbonyl (C=O) groups excluding carboxylic acids is 1. The van der Waals surface area contributed by atoms with Crippen LogP contribution in [0.2, 0.25) is 0 Å². The van der Waals surface area contributed by atoms with Crippen molar-refractivity contribution in [1.29, 1.82) is 0 Å². The van der Waals surface area contributed by atoms with Crippen LogP contribution in [0.5, 0.6) is 0 Å². The van der Waals surface area contributed by atoms with E-state index in [0.717, 1.165) is 0 Å². The molecule has 1 heterocycles. The number of esters is 1. The topological polar surface area (TPSA) is 65.2 Å². The fraction of sp³-hybridized carbons (Fsp3) is 0.250. The molecular weight excluding hydrogens is 255 g/mol. The SMILES string of the molecule is COC(=O)C(N)c1cc(Br)cnc1F. The van der Waals surface area contributed by atoms with E-state index in [1.165, 1.54) is 19.4 Å². The summed E-state index contributed by atoms with van der Waals surface area (Å²) in [6.45, 7) is 0. The van der Waals surface area contributed by atoms with Gasteiger partial charge in [0.05, 0.1) is 7.11 Å². The van der Waals surface area contributed by atoms with Gasteiger partial charge >= 0.3 is 5.97 Å².